The highest BCUT2D eigenvalue weighted by Gasteiger charge is 2.32. The van der Waals surface area contributed by atoms with Gasteiger partial charge in [0.1, 0.15) is 0 Å². The van der Waals surface area contributed by atoms with Crippen LogP contribution < -0.4 is 5.32 Å². The molecule has 2 rings (SSSR count). The zero-order valence-electron chi connectivity index (χ0n) is 11.3. The number of rotatable bonds is 6. The average Bonchev–Trinajstić information content (AvgIpc) is 3.14. The van der Waals surface area contributed by atoms with Gasteiger partial charge in [-0.3, -0.25) is 9.69 Å². The monoisotopic (exact) mass is 255 g/mol. The molecule has 0 atom stereocenters. The van der Waals surface area contributed by atoms with E-state index >= 15 is 0 Å². The highest BCUT2D eigenvalue weighted by atomic mass is 16.3. The lowest BCUT2D eigenvalue weighted by atomic mass is 10.0. The summed E-state index contributed by atoms with van der Waals surface area (Å²) in [6.45, 7) is 3.28. The SMILES string of the molecule is CN(CCO)CC(=O)NC1CCN(C2CC2)CC1. The number of likely N-dealkylation sites (tertiary alicyclic amines) is 1. The van der Waals surface area contributed by atoms with Gasteiger partial charge < -0.3 is 15.3 Å². The molecule has 0 bridgehead atoms. The molecule has 0 aromatic carbocycles. The Labute approximate surface area is 109 Å². The number of aliphatic hydroxyl groups is 1. The van der Waals surface area contributed by atoms with Crippen LogP contribution in [0.4, 0.5) is 0 Å². The highest BCUT2D eigenvalue weighted by molar-refractivity contribution is 5.78. The van der Waals surface area contributed by atoms with E-state index in [9.17, 15) is 4.79 Å². The molecule has 18 heavy (non-hydrogen) atoms. The third-order valence-electron chi connectivity index (χ3n) is 3.85. The Morgan fingerprint density at radius 1 is 1.33 bits per heavy atom. The summed E-state index contributed by atoms with van der Waals surface area (Å²) in [6, 6.07) is 1.19. The van der Waals surface area contributed by atoms with E-state index < -0.39 is 0 Å². The summed E-state index contributed by atoms with van der Waals surface area (Å²) in [5.74, 6) is 0.0795. The van der Waals surface area contributed by atoms with E-state index in [0.29, 0.717) is 19.1 Å². The fourth-order valence-electron chi connectivity index (χ4n) is 2.62. The minimum atomic E-state index is 0.0795. The zero-order valence-corrected chi connectivity index (χ0v) is 11.3. The fourth-order valence-corrected chi connectivity index (χ4v) is 2.62. The molecule has 0 unspecified atom stereocenters. The van der Waals surface area contributed by atoms with Crippen LogP contribution in [0.15, 0.2) is 0 Å². The zero-order chi connectivity index (χ0) is 13.0. The maximum atomic E-state index is 11.8. The van der Waals surface area contributed by atoms with Gasteiger partial charge in [-0.15, -0.1) is 0 Å². The molecule has 1 aliphatic heterocycles. The number of amides is 1. The van der Waals surface area contributed by atoms with E-state index in [1.807, 2.05) is 11.9 Å². The summed E-state index contributed by atoms with van der Waals surface area (Å²) in [6.07, 6.45) is 4.88. The average molecular weight is 255 g/mol. The van der Waals surface area contributed by atoms with Crippen molar-refractivity contribution in [2.45, 2.75) is 37.8 Å². The second kappa shape index (κ2) is 6.50. The van der Waals surface area contributed by atoms with E-state index in [0.717, 1.165) is 32.0 Å². The molecule has 2 N–H and O–H groups in total. The van der Waals surface area contributed by atoms with Crippen molar-refractivity contribution in [1.29, 1.82) is 0 Å². The summed E-state index contributed by atoms with van der Waals surface area (Å²) in [7, 11) is 1.85. The molecule has 1 heterocycles. The number of hydrogen-bond acceptors (Lipinski definition) is 4. The van der Waals surface area contributed by atoms with Gasteiger partial charge in [0.2, 0.25) is 5.91 Å². The molecule has 104 valence electrons. The number of nitrogens with zero attached hydrogens (tertiary/aromatic N) is 2. The lowest BCUT2D eigenvalue weighted by Gasteiger charge is -2.32. The Hall–Kier alpha value is -0.650. The topological polar surface area (TPSA) is 55.8 Å². The van der Waals surface area contributed by atoms with Gasteiger partial charge in [-0.2, -0.15) is 0 Å². The van der Waals surface area contributed by atoms with Crippen molar-refractivity contribution in [3.63, 3.8) is 0 Å². The first kappa shape index (κ1) is 13.8. The molecule has 0 aromatic rings. The fraction of sp³-hybridized carbons (Fsp3) is 0.923. The number of hydrogen-bond donors (Lipinski definition) is 2. The molecule has 0 aromatic heterocycles. The lowest BCUT2D eigenvalue weighted by Crippen LogP contribution is -2.47. The smallest absolute Gasteiger partial charge is 0.234 e. The largest absolute Gasteiger partial charge is 0.395 e. The second-order valence-corrected chi connectivity index (χ2v) is 5.57. The molecule has 1 saturated carbocycles. The quantitative estimate of drug-likeness (QED) is 0.681. The molecule has 1 amide bonds. The number of aliphatic hydroxyl groups excluding tert-OH is 1. The third-order valence-corrected chi connectivity index (χ3v) is 3.85. The first-order valence-corrected chi connectivity index (χ1v) is 7.02. The van der Waals surface area contributed by atoms with Gasteiger partial charge in [0.25, 0.3) is 0 Å². The summed E-state index contributed by atoms with van der Waals surface area (Å²) in [5, 5.41) is 11.9. The third kappa shape index (κ3) is 4.23. The second-order valence-electron chi connectivity index (χ2n) is 5.57. The van der Waals surface area contributed by atoms with Gasteiger partial charge in [0, 0.05) is 31.7 Å². The standard InChI is InChI=1S/C13H25N3O2/c1-15(8-9-17)10-13(18)14-11-4-6-16(7-5-11)12-2-3-12/h11-12,17H,2-10H2,1H3,(H,14,18). The molecule has 0 spiro atoms. The van der Waals surface area contributed by atoms with Crippen LogP contribution in [0.1, 0.15) is 25.7 Å². The van der Waals surface area contributed by atoms with Crippen LogP contribution in [-0.4, -0.2) is 72.7 Å². The molecule has 1 saturated heterocycles. The van der Waals surface area contributed by atoms with Gasteiger partial charge >= 0.3 is 0 Å². The van der Waals surface area contributed by atoms with Crippen LogP contribution in [0.25, 0.3) is 0 Å². The molecule has 2 fully saturated rings. The van der Waals surface area contributed by atoms with Gasteiger partial charge in [0.05, 0.1) is 13.2 Å². The molecule has 5 nitrogen and oxygen atoms in total. The first-order valence-electron chi connectivity index (χ1n) is 7.02. The lowest BCUT2D eigenvalue weighted by molar-refractivity contribution is -0.123. The van der Waals surface area contributed by atoms with Crippen molar-refractivity contribution in [3.8, 4) is 0 Å². The normalized spacial score (nSPS) is 22.4. The minimum absolute atomic E-state index is 0.0795. The van der Waals surface area contributed by atoms with Crippen molar-refractivity contribution in [1.82, 2.24) is 15.1 Å². The van der Waals surface area contributed by atoms with Crippen molar-refractivity contribution in [2.75, 3.05) is 39.8 Å². The van der Waals surface area contributed by atoms with Crippen molar-refractivity contribution >= 4 is 5.91 Å². The predicted molar refractivity (Wildman–Crippen MR) is 70.3 cm³/mol. The Bertz CT molecular complexity index is 273. The van der Waals surface area contributed by atoms with Gasteiger partial charge in [-0.25, -0.2) is 0 Å². The van der Waals surface area contributed by atoms with E-state index in [2.05, 4.69) is 10.2 Å². The van der Waals surface area contributed by atoms with Crippen LogP contribution in [0.2, 0.25) is 0 Å². The van der Waals surface area contributed by atoms with Gasteiger partial charge in [-0.05, 0) is 32.7 Å². The van der Waals surface area contributed by atoms with Crippen LogP contribution >= 0.6 is 0 Å². The number of piperidine rings is 1. The Morgan fingerprint density at radius 3 is 2.56 bits per heavy atom. The van der Waals surface area contributed by atoms with Crippen molar-refractivity contribution in [3.05, 3.63) is 0 Å². The minimum Gasteiger partial charge on any atom is -0.395 e. The first-order chi connectivity index (χ1) is 8.69. The number of carbonyl (C=O) groups is 1. The van der Waals surface area contributed by atoms with Crippen LogP contribution in [-0.2, 0) is 4.79 Å². The number of nitrogens with one attached hydrogen (secondary N) is 1. The van der Waals surface area contributed by atoms with Crippen LogP contribution in [0.5, 0.6) is 0 Å². The van der Waals surface area contributed by atoms with Gasteiger partial charge in [0.15, 0.2) is 0 Å². The summed E-state index contributed by atoms with van der Waals surface area (Å²) in [5.41, 5.74) is 0. The van der Waals surface area contributed by atoms with Gasteiger partial charge in [-0.1, -0.05) is 0 Å². The maximum Gasteiger partial charge on any atom is 0.234 e. The molecule has 5 heteroatoms. The van der Waals surface area contributed by atoms with E-state index in [1.165, 1.54) is 12.8 Å². The molecule has 1 aliphatic carbocycles. The van der Waals surface area contributed by atoms with E-state index in [4.69, 9.17) is 5.11 Å². The summed E-state index contributed by atoms with van der Waals surface area (Å²) < 4.78 is 0. The molecular weight excluding hydrogens is 230 g/mol. The Morgan fingerprint density at radius 2 is 2.00 bits per heavy atom. The Kier molecular flexibility index (Phi) is 4.97. The number of carbonyl (C=O) groups excluding carboxylic acids is 1. The highest BCUT2D eigenvalue weighted by Crippen LogP contribution is 2.29. The van der Waals surface area contributed by atoms with E-state index in [-0.39, 0.29) is 12.5 Å². The maximum absolute atomic E-state index is 11.8. The van der Waals surface area contributed by atoms with Crippen LogP contribution in [0.3, 0.4) is 0 Å². The molecular formula is C13H25N3O2. The molecule has 0 radical (unpaired) electrons. The number of likely N-dealkylation sites (N-methyl/N-ethyl adjacent to an activating group) is 1. The van der Waals surface area contributed by atoms with E-state index in [1.54, 1.807) is 0 Å². The van der Waals surface area contributed by atoms with Crippen LogP contribution in [0, 0.1) is 0 Å². The summed E-state index contributed by atoms with van der Waals surface area (Å²) >= 11 is 0. The van der Waals surface area contributed by atoms with Crippen molar-refractivity contribution in [2.24, 2.45) is 0 Å². The predicted octanol–water partition coefficient (Wildman–Crippen LogP) is -0.346. The summed E-state index contributed by atoms with van der Waals surface area (Å²) in [4.78, 5) is 16.2. The Balaban J connectivity index is 1.62. The molecule has 2 aliphatic rings. The van der Waals surface area contributed by atoms with Crippen molar-refractivity contribution < 1.29 is 9.90 Å².